The zero-order valence-corrected chi connectivity index (χ0v) is 12.3. The zero-order valence-electron chi connectivity index (χ0n) is 12.3. The van der Waals surface area contributed by atoms with Gasteiger partial charge in [-0.25, -0.2) is 0 Å². The summed E-state index contributed by atoms with van der Waals surface area (Å²) < 4.78 is 5.35. The molecule has 1 N–H and O–H groups in total. The van der Waals surface area contributed by atoms with E-state index in [9.17, 15) is 4.79 Å². The first-order valence-corrected chi connectivity index (χ1v) is 6.96. The summed E-state index contributed by atoms with van der Waals surface area (Å²) in [6.07, 6.45) is 3.18. The number of carbonyl (C=O) groups is 1. The maximum atomic E-state index is 12.0. The van der Waals surface area contributed by atoms with Crippen LogP contribution in [0.5, 0.6) is 5.75 Å². The normalized spacial score (nSPS) is 10.6. The predicted octanol–water partition coefficient (Wildman–Crippen LogP) is 4.20. The molecule has 0 radical (unpaired) electrons. The summed E-state index contributed by atoms with van der Waals surface area (Å²) in [7, 11) is 0. The second kappa shape index (κ2) is 7.29. The molecule has 0 aliphatic heterocycles. The third-order valence-electron chi connectivity index (χ3n) is 2.99. The van der Waals surface area contributed by atoms with Gasteiger partial charge in [0.25, 0.3) is 0 Å². The molecule has 2 aromatic carbocycles. The highest BCUT2D eigenvalue weighted by molar-refractivity contribution is 6.04. The van der Waals surface area contributed by atoms with E-state index in [2.05, 4.69) is 5.32 Å². The molecule has 2 aromatic rings. The largest absolute Gasteiger partial charge is 0.494 e. The van der Waals surface area contributed by atoms with Crippen LogP contribution in [0, 0.1) is 6.92 Å². The molecule has 0 heterocycles. The van der Waals surface area contributed by atoms with Crippen molar-refractivity contribution < 1.29 is 9.53 Å². The van der Waals surface area contributed by atoms with Gasteiger partial charge >= 0.3 is 0 Å². The standard InChI is InChI=1S/C18H19NO2/c1-3-21-17-10-6-15(7-11-17)18(20)12-13-19-16-8-4-14(2)5-9-16/h4-13,19H,3H2,1-2H3/b13-12+. The van der Waals surface area contributed by atoms with Crippen LogP contribution in [0.1, 0.15) is 22.8 Å². The Morgan fingerprint density at radius 1 is 1.10 bits per heavy atom. The highest BCUT2D eigenvalue weighted by Gasteiger charge is 2.01. The van der Waals surface area contributed by atoms with Crippen molar-refractivity contribution >= 4 is 11.5 Å². The van der Waals surface area contributed by atoms with E-state index in [-0.39, 0.29) is 5.78 Å². The van der Waals surface area contributed by atoms with Crippen molar-refractivity contribution in [2.75, 3.05) is 11.9 Å². The Hall–Kier alpha value is -2.55. The summed E-state index contributed by atoms with van der Waals surface area (Å²) in [6.45, 7) is 4.58. The van der Waals surface area contributed by atoms with Gasteiger partial charge in [0.1, 0.15) is 5.75 Å². The Balaban J connectivity index is 1.94. The molecule has 0 aromatic heterocycles. The molecule has 0 aliphatic carbocycles. The Bertz CT molecular complexity index is 613. The van der Waals surface area contributed by atoms with Crippen LogP contribution >= 0.6 is 0 Å². The molecule has 0 fully saturated rings. The van der Waals surface area contributed by atoms with Gasteiger partial charge in [0.2, 0.25) is 0 Å². The molecular weight excluding hydrogens is 262 g/mol. The predicted molar refractivity (Wildman–Crippen MR) is 85.9 cm³/mol. The van der Waals surface area contributed by atoms with Crippen molar-refractivity contribution in [2.24, 2.45) is 0 Å². The van der Waals surface area contributed by atoms with E-state index in [1.165, 1.54) is 11.6 Å². The van der Waals surface area contributed by atoms with Crippen molar-refractivity contribution in [2.45, 2.75) is 13.8 Å². The summed E-state index contributed by atoms with van der Waals surface area (Å²) in [5.41, 5.74) is 2.80. The minimum absolute atomic E-state index is 0.0438. The van der Waals surface area contributed by atoms with Crippen LogP contribution in [0.4, 0.5) is 5.69 Å². The number of hydrogen-bond donors (Lipinski definition) is 1. The number of hydrogen-bond acceptors (Lipinski definition) is 3. The van der Waals surface area contributed by atoms with Crippen LogP contribution < -0.4 is 10.1 Å². The first-order chi connectivity index (χ1) is 10.2. The van der Waals surface area contributed by atoms with E-state index < -0.39 is 0 Å². The third kappa shape index (κ3) is 4.49. The van der Waals surface area contributed by atoms with Crippen molar-refractivity contribution in [1.29, 1.82) is 0 Å². The lowest BCUT2D eigenvalue weighted by molar-refractivity contribution is 0.104. The molecule has 2 rings (SSSR count). The monoisotopic (exact) mass is 281 g/mol. The molecule has 0 saturated heterocycles. The average Bonchev–Trinajstić information content (AvgIpc) is 2.50. The van der Waals surface area contributed by atoms with Crippen molar-refractivity contribution in [1.82, 2.24) is 0 Å². The molecule has 0 amide bonds. The van der Waals surface area contributed by atoms with Gasteiger partial charge in [-0.3, -0.25) is 4.79 Å². The van der Waals surface area contributed by atoms with Crippen LogP contribution in [0.15, 0.2) is 60.8 Å². The van der Waals surface area contributed by atoms with E-state index in [1.54, 1.807) is 30.5 Å². The molecule has 3 heteroatoms. The van der Waals surface area contributed by atoms with Crippen molar-refractivity contribution in [3.63, 3.8) is 0 Å². The topological polar surface area (TPSA) is 38.3 Å². The Morgan fingerprint density at radius 3 is 2.38 bits per heavy atom. The third-order valence-corrected chi connectivity index (χ3v) is 2.99. The van der Waals surface area contributed by atoms with E-state index in [1.807, 2.05) is 38.1 Å². The van der Waals surface area contributed by atoms with E-state index >= 15 is 0 Å². The number of carbonyl (C=O) groups excluding carboxylic acids is 1. The van der Waals surface area contributed by atoms with Gasteiger partial charge < -0.3 is 10.1 Å². The first-order valence-electron chi connectivity index (χ1n) is 6.96. The molecule has 3 nitrogen and oxygen atoms in total. The molecule has 0 unspecified atom stereocenters. The summed E-state index contributed by atoms with van der Waals surface area (Å²) in [5, 5.41) is 3.08. The van der Waals surface area contributed by atoms with Crippen LogP contribution in [-0.4, -0.2) is 12.4 Å². The molecule has 21 heavy (non-hydrogen) atoms. The van der Waals surface area contributed by atoms with Gasteiger partial charge in [0, 0.05) is 23.5 Å². The van der Waals surface area contributed by atoms with Crippen LogP contribution in [0.3, 0.4) is 0 Å². The summed E-state index contributed by atoms with van der Waals surface area (Å²) in [5.74, 6) is 0.730. The summed E-state index contributed by atoms with van der Waals surface area (Å²) in [6, 6.07) is 15.1. The SMILES string of the molecule is CCOc1ccc(C(=O)/C=C/Nc2ccc(C)cc2)cc1. The van der Waals surface area contributed by atoms with E-state index in [0.29, 0.717) is 12.2 Å². The quantitative estimate of drug-likeness (QED) is 0.637. The van der Waals surface area contributed by atoms with E-state index in [0.717, 1.165) is 11.4 Å². The lowest BCUT2D eigenvalue weighted by atomic mass is 10.1. The second-order valence-electron chi connectivity index (χ2n) is 4.67. The highest BCUT2D eigenvalue weighted by atomic mass is 16.5. The zero-order chi connectivity index (χ0) is 15.1. The van der Waals surface area contributed by atoms with Crippen molar-refractivity contribution in [3.05, 3.63) is 71.9 Å². The number of benzene rings is 2. The maximum absolute atomic E-state index is 12.0. The highest BCUT2D eigenvalue weighted by Crippen LogP contribution is 2.13. The molecule has 0 aliphatic rings. The average molecular weight is 281 g/mol. The minimum atomic E-state index is -0.0438. The maximum Gasteiger partial charge on any atom is 0.187 e. The number of ether oxygens (including phenoxy) is 1. The number of allylic oxidation sites excluding steroid dienone is 1. The molecule has 108 valence electrons. The van der Waals surface area contributed by atoms with Gasteiger partial charge in [0.15, 0.2) is 5.78 Å². The lowest BCUT2D eigenvalue weighted by Gasteiger charge is -2.03. The number of ketones is 1. The van der Waals surface area contributed by atoms with E-state index in [4.69, 9.17) is 4.74 Å². The fourth-order valence-corrected chi connectivity index (χ4v) is 1.84. The fraction of sp³-hybridized carbons (Fsp3) is 0.167. The van der Waals surface area contributed by atoms with Gasteiger partial charge in [-0.2, -0.15) is 0 Å². The van der Waals surface area contributed by atoms with Crippen molar-refractivity contribution in [3.8, 4) is 5.75 Å². The Kier molecular flexibility index (Phi) is 5.16. The second-order valence-corrected chi connectivity index (χ2v) is 4.67. The Morgan fingerprint density at radius 2 is 1.76 bits per heavy atom. The first kappa shape index (κ1) is 14.9. The summed E-state index contributed by atoms with van der Waals surface area (Å²) in [4.78, 5) is 12.0. The molecule has 0 spiro atoms. The summed E-state index contributed by atoms with van der Waals surface area (Å²) >= 11 is 0. The molecule has 0 saturated carbocycles. The smallest absolute Gasteiger partial charge is 0.187 e. The van der Waals surface area contributed by atoms with Crippen LogP contribution in [0.25, 0.3) is 0 Å². The Labute approximate surface area is 125 Å². The molecule has 0 atom stereocenters. The molecule has 0 bridgehead atoms. The number of aryl methyl sites for hydroxylation is 1. The van der Waals surface area contributed by atoms with Crippen LogP contribution in [-0.2, 0) is 0 Å². The van der Waals surface area contributed by atoms with Gasteiger partial charge in [-0.15, -0.1) is 0 Å². The van der Waals surface area contributed by atoms with Gasteiger partial charge in [0.05, 0.1) is 6.61 Å². The minimum Gasteiger partial charge on any atom is -0.494 e. The number of rotatable bonds is 6. The van der Waals surface area contributed by atoms with Crippen LogP contribution in [0.2, 0.25) is 0 Å². The van der Waals surface area contributed by atoms with Gasteiger partial charge in [-0.1, -0.05) is 17.7 Å². The number of anilines is 1. The fourth-order valence-electron chi connectivity index (χ4n) is 1.84. The number of nitrogens with one attached hydrogen (secondary N) is 1. The molecular formula is C18H19NO2. The lowest BCUT2D eigenvalue weighted by Crippen LogP contribution is -1.97. The van der Waals surface area contributed by atoms with Gasteiger partial charge in [-0.05, 0) is 50.2 Å².